The summed E-state index contributed by atoms with van der Waals surface area (Å²) in [7, 11) is -2.25. The molecule has 0 aromatic heterocycles. The lowest BCUT2D eigenvalue weighted by molar-refractivity contribution is -0.119. The normalized spacial score (nSPS) is 11.3. The lowest BCUT2D eigenvalue weighted by Gasteiger charge is -2.20. The lowest BCUT2D eigenvalue weighted by atomic mass is 10.1. The molecule has 9 heteroatoms. The fourth-order valence-electron chi connectivity index (χ4n) is 3.03. The number of ether oxygens (including phenoxy) is 2. The van der Waals surface area contributed by atoms with Gasteiger partial charge in [-0.05, 0) is 49.2 Å². The predicted octanol–water partition coefficient (Wildman–Crippen LogP) is 3.14. The highest BCUT2D eigenvalue weighted by atomic mass is 32.2. The summed E-state index contributed by atoms with van der Waals surface area (Å²) < 4.78 is 37.3. The Hall–Kier alpha value is -2.91. The number of aryl methyl sites for hydroxylation is 2. The van der Waals surface area contributed by atoms with Crippen molar-refractivity contribution in [2.75, 3.05) is 32.1 Å². The summed E-state index contributed by atoms with van der Waals surface area (Å²) in [5, 5.41) is 2.64. The molecule has 0 bridgehead atoms. The van der Waals surface area contributed by atoms with Crippen molar-refractivity contribution in [3.8, 4) is 5.75 Å². The van der Waals surface area contributed by atoms with E-state index in [1.807, 2.05) is 13.0 Å². The van der Waals surface area contributed by atoms with Gasteiger partial charge in [-0.15, -0.1) is 0 Å². The van der Waals surface area contributed by atoms with Crippen LogP contribution in [0.2, 0.25) is 0 Å². The lowest BCUT2D eigenvalue weighted by Crippen LogP contribution is -2.31. The molecule has 0 heterocycles. The van der Waals surface area contributed by atoms with Crippen molar-refractivity contribution < 1.29 is 27.5 Å². The monoisotopic (exact) mass is 448 g/mol. The molecule has 0 aliphatic heterocycles. The maximum Gasteiger partial charge on any atom is 0.338 e. The highest BCUT2D eigenvalue weighted by Gasteiger charge is 2.25. The highest BCUT2D eigenvalue weighted by Crippen LogP contribution is 2.25. The summed E-state index contributed by atoms with van der Waals surface area (Å²) in [6.45, 7) is 7.13. The molecule has 8 nitrogen and oxygen atoms in total. The van der Waals surface area contributed by atoms with Crippen LogP contribution in [0.1, 0.15) is 35.3 Å². The Kier molecular flexibility index (Phi) is 8.18. The molecule has 0 saturated heterocycles. The molecule has 168 valence electrons. The van der Waals surface area contributed by atoms with Crippen LogP contribution in [-0.2, 0) is 19.6 Å². The minimum absolute atomic E-state index is 0.0413. The number of hydrogen-bond donors (Lipinski definition) is 1. The van der Waals surface area contributed by atoms with Crippen LogP contribution >= 0.6 is 0 Å². The number of esters is 1. The number of methoxy groups -OCH3 is 1. The van der Waals surface area contributed by atoms with E-state index >= 15 is 0 Å². The molecule has 0 atom stereocenters. The third-order valence-corrected chi connectivity index (χ3v) is 6.90. The van der Waals surface area contributed by atoms with E-state index in [4.69, 9.17) is 9.47 Å². The number of nitrogens with zero attached hydrogens (tertiary/aromatic N) is 1. The third kappa shape index (κ3) is 5.83. The maximum atomic E-state index is 12.8. The largest absolute Gasteiger partial charge is 0.495 e. The second-order valence-electron chi connectivity index (χ2n) is 6.90. The zero-order valence-electron chi connectivity index (χ0n) is 18.4. The number of benzene rings is 2. The van der Waals surface area contributed by atoms with Crippen LogP contribution in [0.3, 0.4) is 0 Å². The predicted molar refractivity (Wildman–Crippen MR) is 118 cm³/mol. The number of nitrogens with one attached hydrogen (secondary N) is 1. The standard InChI is InChI=1S/C22H28N2O6S/c1-6-24(7-2)31(27,28)20-13-17(10-9-16(20)4)22(26)30-14-21(25)23-18-12-15(3)8-11-19(18)29-5/h8-13H,6-7,14H2,1-5H3,(H,23,25). The molecule has 0 aliphatic carbocycles. The zero-order chi connectivity index (χ0) is 23.2. The number of carbonyl (C=O) groups excluding carboxylic acids is 2. The first kappa shape index (κ1) is 24.4. The van der Waals surface area contributed by atoms with Crippen LogP contribution in [0.4, 0.5) is 5.69 Å². The first-order chi connectivity index (χ1) is 14.6. The van der Waals surface area contributed by atoms with Gasteiger partial charge < -0.3 is 14.8 Å². The molecule has 31 heavy (non-hydrogen) atoms. The van der Waals surface area contributed by atoms with Crippen molar-refractivity contribution >= 4 is 27.6 Å². The number of hydrogen-bond acceptors (Lipinski definition) is 6. The Morgan fingerprint density at radius 1 is 1.03 bits per heavy atom. The molecule has 0 radical (unpaired) electrons. The fraction of sp³-hybridized carbons (Fsp3) is 0.364. The van der Waals surface area contributed by atoms with E-state index in [9.17, 15) is 18.0 Å². The molecule has 2 aromatic rings. The molecular weight excluding hydrogens is 420 g/mol. The summed E-state index contributed by atoms with van der Waals surface area (Å²) in [5.74, 6) is -0.849. The highest BCUT2D eigenvalue weighted by molar-refractivity contribution is 7.89. The number of sulfonamides is 1. The third-order valence-electron chi connectivity index (χ3n) is 4.71. The Morgan fingerprint density at radius 3 is 2.32 bits per heavy atom. The minimum atomic E-state index is -3.74. The average Bonchev–Trinajstić information content (AvgIpc) is 2.73. The summed E-state index contributed by atoms with van der Waals surface area (Å²) in [6.07, 6.45) is 0. The van der Waals surface area contributed by atoms with Gasteiger partial charge in [0.2, 0.25) is 10.0 Å². The first-order valence-corrected chi connectivity index (χ1v) is 11.3. The van der Waals surface area contributed by atoms with Gasteiger partial charge in [-0.2, -0.15) is 4.31 Å². The Bertz CT molecular complexity index is 1060. The Labute approximate surface area is 183 Å². The molecule has 0 spiro atoms. The second kappa shape index (κ2) is 10.4. The van der Waals surface area contributed by atoms with Gasteiger partial charge >= 0.3 is 5.97 Å². The molecule has 0 unspecified atom stereocenters. The average molecular weight is 449 g/mol. The van der Waals surface area contributed by atoms with E-state index in [1.54, 1.807) is 39.0 Å². The van der Waals surface area contributed by atoms with Gasteiger partial charge in [0, 0.05) is 13.1 Å². The van der Waals surface area contributed by atoms with Crippen molar-refractivity contribution in [1.82, 2.24) is 4.31 Å². The van der Waals surface area contributed by atoms with Gasteiger partial charge in [-0.1, -0.05) is 26.0 Å². The van der Waals surface area contributed by atoms with E-state index < -0.39 is 28.5 Å². The number of anilines is 1. The Balaban J connectivity index is 2.13. The zero-order valence-corrected chi connectivity index (χ0v) is 19.2. The number of carbonyl (C=O) groups is 2. The second-order valence-corrected chi connectivity index (χ2v) is 8.80. The maximum absolute atomic E-state index is 12.8. The number of rotatable bonds is 9. The molecule has 0 aliphatic rings. The minimum Gasteiger partial charge on any atom is -0.495 e. The molecular formula is C22H28N2O6S. The van der Waals surface area contributed by atoms with Crippen molar-refractivity contribution in [3.63, 3.8) is 0 Å². The van der Waals surface area contributed by atoms with E-state index in [2.05, 4.69) is 5.32 Å². The van der Waals surface area contributed by atoms with Crippen LogP contribution < -0.4 is 10.1 Å². The van der Waals surface area contributed by atoms with E-state index in [1.165, 1.54) is 23.5 Å². The van der Waals surface area contributed by atoms with E-state index in [-0.39, 0.29) is 10.5 Å². The van der Waals surface area contributed by atoms with Gasteiger partial charge in [0.15, 0.2) is 6.61 Å². The van der Waals surface area contributed by atoms with E-state index in [0.29, 0.717) is 30.1 Å². The summed E-state index contributed by atoms with van der Waals surface area (Å²) in [6, 6.07) is 9.61. The van der Waals surface area contributed by atoms with Gasteiger partial charge in [-0.3, -0.25) is 4.79 Å². The van der Waals surface area contributed by atoms with Crippen molar-refractivity contribution in [3.05, 3.63) is 53.1 Å². The Morgan fingerprint density at radius 2 is 1.71 bits per heavy atom. The molecule has 2 aromatic carbocycles. The molecule has 0 saturated carbocycles. The van der Waals surface area contributed by atoms with Crippen LogP contribution in [-0.4, -0.2) is 51.4 Å². The van der Waals surface area contributed by atoms with Gasteiger partial charge in [0.05, 0.1) is 23.3 Å². The van der Waals surface area contributed by atoms with Crippen LogP contribution in [0.15, 0.2) is 41.3 Å². The van der Waals surface area contributed by atoms with Gasteiger partial charge in [0.25, 0.3) is 5.91 Å². The number of amides is 1. The molecule has 2 rings (SSSR count). The van der Waals surface area contributed by atoms with Crippen LogP contribution in [0.25, 0.3) is 0 Å². The van der Waals surface area contributed by atoms with Crippen molar-refractivity contribution in [2.45, 2.75) is 32.6 Å². The molecule has 1 N–H and O–H groups in total. The first-order valence-electron chi connectivity index (χ1n) is 9.86. The summed E-state index contributed by atoms with van der Waals surface area (Å²) in [4.78, 5) is 24.7. The topological polar surface area (TPSA) is 102 Å². The quantitative estimate of drug-likeness (QED) is 0.592. The summed E-state index contributed by atoms with van der Waals surface area (Å²) >= 11 is 0. The molecule has 0 fully saturated rings. The van der Waals surface area contributed by atoms with Gasteiger partial charge in [-0.25, -0.2) is 13.2 Å². The van der Waals surface area contributed by atoms with Gasteiger partial charge in [0.1, 0.15) is 5.75 Å². The van der Waals surface area contributed by atoms with Crippen molar-refractivity contribution in [1.29, 1.82) is 0 Å². The van der Waals surface area contributed by atoms with Crippen molar-refractivity contribution in [2.24, 2.45) is 0 Å². The van der Waals surface area contributed by atoms with Crippen LogP contribution in [0.5, 0.6) is 5.75 Å². The van der Waals surface area contributed by atoms with E-state index in [0.717, 1.165) is 5.56 Å². The summed E-state index contributed by atoms with van der Waals surface area (Å²) in [5.41, 5.74) is 1.96. The van der Waals surface area contributed by atoms with Crippen LogP contribution in [0, 0.1) is 13.8 Å². The molecule has 1 amide bonds. The smallest absolute Gasteiger partial charge is 0.338 e. The SMILES string of the molecule is CCN(CC)S(=O)(=O)c1cc(C(=O)OCC(=O)Nc2cc(C)ccc2OC)ccc1C. The fourth-order valence-corrected chi connectivity index (χ4v) is 4.74.